The summed E-state index contributed by atoms with van der Waals surface area (Å²) in [6.07, 6.45) is -1.75. The van der Waals surface area contributed by atoms with E-state index in [1.165, 1.54) is 13.0 Å². The van der Waals surface area contributed by atoms with E-state index in [0.29, 0.717) is 5.56 Å². The van der Waals surface area contributed by atoms with Gasteiger partial charge in [-0.3, -0.25) is 24.0 Å². The van der Waals surface area contributed by atoms with E-state index < -0.39 is 65.4 Å². The topological polar surface area (TPSA) is 130 Å². The Bertz CT molecular complexity index is 1240. The summed E-state index contributed by atoms with van der Waals surface area (Å²) >= 11 is 0. The fourth-order valence-electron chi connectivity index (χ4n) is 4.55. The molecule has 208 valence electrons. The van der Waals surface area contributed by atoms with Crippen LogP contribution < -0.4 is 10.2 Å². The molecule has 1 aliphatic carbocycles. The van der Waals surface area contributed by atoms with E-state index in [0.717, 1.165) is 11.3 Å². The Hall–Kier alpha value is -3.85. The third-order valence-electron chi connectivity index (χ3n) is 7.00. The van der Waals surface area contributed by atoms with Gasteiger partial charge >= 0.3 is 5.97 Å². The zero-order valence-electron chi connectivity index (χ0n) is 23.0. The normalized spacial score (nSPS) is 22.3. The number of aromatic hydroxyl groups is 1. The van der Waals surface area contributed by atoms with Crippen molar-refractivity contribution in [1.82, 2.24) is 5.32 Å². The highest BCUT2D eigenvalue weighted by molar-refractivity contribution is 6.44. The molecule has 0 aliphatic heterocycles. The summed E-state index contributed by atoms with van der Waals surface area (Å²) in [7, 11) is 3.67. The molecule has 1 saturated carbocycles. The molecule has 2 aromatic carbocycles. The van der Waals surface area contributed by atoms with E-state index in [4.69, 9.17) is 4.74 Å². The summed E-state index contributed by atoms with van der Waals surface area (Å²) < 4.78 is 5.65. The number of esters is 1. The van der Waals surface area contributed by atoms with E-state index in [9.17, 15) is 29.1 Å². The van der Waals surface area contributed by atoms with Crippen molar-refractivity contribution in [3.8, 4) is 5.75 Å². The number of carbonyl (C=O) groups is 5. The zero-order chi connectivity index (χ0) is 28.9. The van der Waals surface area contributed by atoms with Crippen LogP contribution in [0.3, 0.4) is 0 Å². The molecular weight excluding hydrogens is 500 g/mol. The minimum atomic E-state index is -1.28. The molecule has 0 unspecified atom stereocenters. The maximum atomic E-state index is 13.5. The van der Waals surface area contributed by atoms with Crippen LogP contribution in [-0.4, -0.2) is 60.4 Å². The van der Waals surface area contributed by atoms with Crippen molar-refractivity contribution in [3.05, 3.63) is 59.7 Å². The molecule has 0 bridgehead atoms. The fourth-order valence-corrected chi connectivity index (χ4v) is 4.55. The Balaban J connectivity index is 1.95. The monoisotopic (exact) mass is 536 g/mol. The van der Waals surface area contributed by atoms with Gasteiger partial charge in [-0.1, -0.05) is 51.1 Å². The number of nitrogens with zero attached hydrogens (tertiary/aromatic N) is 1. The van der Waals surface area contributed by atoms with Crippen LogP contribution in [0.5, 0.6) is 5.75 Å². The second-order valence-electron chi connectivity index (χ2n) is 10.5. The number of Topliss-reactive ketones (excluding diaryl/α,β-unsaturated/α-hetero) is 4. The van der Waals surface area contributed by atoms with E-state index in [-0.39, 0.29) is 18.7 Å². The molecule has 9 nitrogen and oxygen atoms in total. The van der Waals surface area contributed by atoms with Crippen molar-refractivity contribution in [2.45, 2.75) is 52.3 Å². The molecule has 0 aromatic heterocycles. The molecule has 0 amide bonds. The first-order valence-electron chi connectivity index (χ1n) is 13.0. The molecule has 3 rings (SSSR count). The maximum Gasteiger partial charge on any atom is 0.308 e. The molecule has 2 aromatic rings. The Labute approximate surface area is 228 Å². The Morgan fingerprint density at radius 3 is 2.31 bits per heavy atom. The number of benzene rings is 2. The van der Waals surface area contributed by atoms with Gasteiger partial charge in [-0.25, -0.2) is 0 Å². The summed E-state index contributed by atoms with van der Waals surface area (Å²) in [6, 6.07) is 12.6. The molecule has 0 heterocycles. The zero-order valence-corrected chi connectivity index (χ0v) is 23.0. The number of rotatable bonds is 8. The van der Waals surface area contributed by atoms with Crippen LogP contribution in [0.4, 0.5) is 5.69 Å². The number of nitrogens with one attached hydrogen (secondary N) is 1. The largest absolute Gasteiger partial charge is 0.508 e. The first-order valence-corrected chi connectivity index (χ1v) is 13.0. The van der Waals surface area contributed by atoms with Gasteiger partial charge in [0.15, 0.2) is 0 Å². The number of ketones is 4. The van der Waals surface area contributed by atoms with Gasteiger partial charge in [-0.05, 0) is 30.2 Å². The van der Waals surface area contributed by atoms with Gasteiger partial charge in [0.2, 0.25) is 23.1 Å². The summed E-state index contributed by atoms with van der Waals surface area (Å²) in [5.41, 5.74) is 1.99. The van der Waals surface area contributed by atoms with Crippen LogP contribution in [0.1, 0.15) is 38.3 Å². The standard InChI is InChI=1S/C30H36N2O7/c1-17(2)30(38)39-29-18(3)26(35)28(37)23(31-16-20-14-21(32(4)5)11-12-24(20)33)15-25(34)27(36)22(29)13-19-9-7-6-8-10-19/h6-12,14,17-18,22-23,29,31,33H,13,15-16H2,1-5H3/t18-,22+,23+,29-/m1/s1. The van der Waals surface area contributed by atoms with E-state index in [1.807, 2.05) is 25.1 Å². The van der Waals surface area contributed by atoms with Crippen molar-refractivity contribution >= 4 is 34.8 Å². The van der Waals surface area contributed by atoms with E-state index >= 15 is 0 Å². The van der Waals surface area contributed by atoms with Crippen molar-refractivity contribution in [2.75, 3.05) is 19.0 Å². The van der Waals surface area contributed by atoms with Gasteiger partial charge in [0, 0.05) is 38.3 Å². The Morgan fingerprint density at radius 1 is 1.03 bits per heavy atom. The number of carbonyl (C=O) groups excluding carboxylic acids is 5. The second-order valence-corrected chi connectivity index (χ2v) is 10.5. The molecule has 2 N–H and O–H groups in total. The van der Waals surface area contributed by atoms with Crippen LogP contribution in [0.15, 0.2) is 48.5 Å². The summed E-state index contributed by atoms with van der Waals surface area (Å²) in [5.74, 6) is -6.81. The summed E-state index contributed by atoms with van der Waals surface area (Å²) in [6.45, 7) is 4.67. The van der Waals surface area contributed by atoms with Crippen molar-refractivity contribution in [3.63, 3.8) is 0 Å². The highest BCUT2D eigenvalue weighted by atomic mass is 16.5. The van der Waals surface area contributed by atoms with Gasteiger partial charge in [-0.15, -0.1) is 0 Å². The molecule has 0 radical (unpaired) electrons. The Morgan fingerprint density at radius 2 is 1.69 bits per heavy atom. The van der Waals surface area contributed by atoms with Crippen LogP contribution >= 0.6 is 0 Å². The SMILES string of the molecule is CC(C)C(=O)O[C@@H]1[C@H](C)C(=O)C(=O)[C@@H](NCc2cc(N(C)C)ccc2O)CC(=O)C(=O)[C@@H]1Cc1ccccc1. The Kier molecular flexibility index (Phi) is 9.75. The van der Waals surface area contributed by atoms with Crippen molar-refractivity contribution in [2.24, 2.45) is 17.8 Å². The number of phenols is 1. The molecule has 0 spiro atoms. The molecule has 4 atom stereocenters. The van der Waals surface area contributed by atoms with E-state index in [2.05, 4.69) is 5.32 Å². The fraction of sp³-hybridized carbons (Fsp3) is 0.433. The number of phenolic OH excluding ortho intramolecular Hbond substituents is 1. The van der Waals surface area contributed by atoms with Gasteiger partial charge < -0.3 is 20.1 Å². The lowest BCUT2D eigenvalue weighted by molar-refractivity contribution is -0.163. The van der Waals surface area contributed by atoms with E-state index in [1.54, 1.807) is 50.2 Å². The molecule has 39 heavy (non-hydrogen) atoms. The van der Waals surface area contributed by atoms with Gasteiger partial charge in [0.1, 0.15) is 11.9 Å². The van der Waals surface area contributed by atoms with Crippen LogP contribution in [0.2, 0.25) is 0 Å². The predicted octanol–water partition coefficient (Wildman–Crippen LogP) is 2.66. The molecule has 9 heteroatoms. The highest BCUT2D eigenvalue weighted by Crippen LogP contribution is 2.28. The summed E-state index contributed by atoms with van der Waals surface area (Å²) in [4.78, 5) is 67.9. The van der Waals surface area contributed by atoms with Crippen molar-refractivity contribution in [1.29, 1.82) is 0 Å². The van der Waals surface area contributed by atoms with Gasteiger partial charge in [-0.2, -0.15) is 0 Å². The van der Waals surface area contributed by atoms with Crippen LogP contribution in [0, 0.1) is 17.8 Å². The lowest BCUT2D eigenvalue weighted by Gasteiger charge is -2.29. The van der Waals surface area contributed by atoms with Gasteiger partial charge in [0.05, 0.1) is 23.8 Å². The molecule has 1 aliphatic rings. The van der Waals surface area contributed by atoms with Gasteiger partial charge in [0.25, 0.3) is 0 Å². The number of ether oxygens (including phenoxy) is 1. The average Bonchev–Trinajstić information content (AvgIpc) is 2.93. The quantitative estimate of drug-likeness (QED) is 0.386. The van der Waals surface area contributed by atoms with Crippen LogP contribution in [-0.2, 0) is 41.7 Å². The lowest BCUT2D eigenvalue weighted by atomic mass is 9.81. The minimum Gasteiger partial charge on any atom is -0.508 e. The molecular formula is C30H36N2O7. The third-order valence-corrected chi connectivity index (χ3v) is 7.00. The minimum absolute atomic E-state index is 0.0192. The first kappa shape index (κ1) is 29.7. The first-order chi connectivity index (χ1) is 18.4. The third kappa shape index (κ3) is 7.17. The number of hydrogen-bond donors (Lipinski definition) is 2. The number of hydrogen-bond acceptors (Lipinski definition) is 9. The second kappa shape index (κ2) is 12.8. The maximum absolute atomic E-state index is 13.5. The smallest absolute Gasteiger partial charge is 0.308 e. The molecule has 0 saturated heterocycles. The number of anilines is 1. The summed E-state index contributed by atoms with van der Waals surface area (Å²) in [5, 5.41) is 13.2. The lowest BCUT2D eigenvalue weighted by Crippen LogP contribution is -2.46. The van der Waals surface area contributed by atoms with Crippen LogP contribution in [0.25, 0.3) is 0 Å². The highest BCUT2D eigenvalue weighted by Gasteiger charge is 2.46. The average molecular weight is 537 g/mol. The van der Waals surface area contributed by atoms with Crippen molar-refractivity contribution < 1.29 is 33.8 Å². The molecule has 1 fully saturated rings. The predicted molar refractivity (Wildman–Crippen MR) is 145 cm³/mol.